The standard InChI is InChI=1S/C22H23N3O3S/c1-4-24-21-13-17(28-3)8-9-18(21)19(14-23)22(24)16-7-6-15-10-11-25(20(15)12-16)29(26,27)5-2/h6-9,12-13H,4-5,10-11H2,1-3H3. The van der Waals surface area contributed by atoms with Crippen molar-refractivity contribution in [3.63, 3.8) is 0 Å². The summed E-state index contributed by atoms with van der Waals surface area (Å²) >= 11 is 0. The fourth-order valence-corrected chi connectivity index (χ4v) is 5.29. The average Bonchev–Trinajstić information content (AvgIpc) is 3.31. The Balaban J connectivity index is 1.97. The molecule has 6 nitrogen and oxygen atoms in total. The highest BCUT2D eigenvalue weighted by Crippen LogP contribution is 2.39. The van der Waals surface area contributed by atoms with Crippen molar-refractivity contribution in [1.29, 1.82) is 5.26 Å². The Kier molecular flexibility index (Phi) is 4.75. The van der Waals surface area contributed by atoms with Crippen LogP contribution in [0.5, 0.6) is 5.75 Å². The molecule has 0 radical (unpaired) electrons. The fraction of sp³-hybridized carbons (Fsp3) is 0.318. The van der Waals surface area contributed by atoms with Gasteiger partial charge in [0.15, 0.2) is 0 Å². The first-order valence-corrected chi connectivity index (χ1v) is 11.3. The molecule has 0 saturated carbocycles. The molecule has 1 aliphatic rings. The third-order valence-corrected chi connectivity index (χ3v) is 7.39. The van der Waals surface area contributed by atoms with Crippen LogP contribution in [0.4, 0.5) is 5.69 Å². The lowest BCUT2D eigenvalue weighted by molar-refractivity contribution is 0.415. The van der Waals surface area contributed by atoms with Crippen LogP contribution in [0.2, 0.25) is 0 Å². The Morgan fingerprint density at radius 1 is 1.17 bits per heavy atom. The van der Waals surface area contributed by atoms with Gasteiger partial charge in [0.05, 0.1) is 35.3 Å². The molecule has 1 aromatic heterocycles. The summed E-state index contributed by atoms with van der Waals surface area (Å²) < 4.78 is 34.0. The van der Waals surface area contributed by atoms with Crippen molar-refractivity contribution in [2.45, 2.75) is 26.8 Å². The van der Waals surface area contributed by atoms with Crippen LogP contribution in [0.25, 0.3) is 22.2 Å². The second kappa shape index (κ2) is 7.12. The van der Waals surface area contributed by atoms with Gasteiger partial charge in [-0.3, -0.25) is 4.31 Å². The largest absolute Gasteiger partial charge is 0.497 e. The predicted molar refractivity (Wildman–Crippen MR) is 115 cm³/mol. The second-order valence-corrected chi connectivity index (χ2v) is 9.21. The molecule has 29 heavy (non-hydrogen) atoms. The maximum absolute atomic E-state index is 12.5. The fourth-order valence-electron chi connectivity index (χ4n) is 4.14. The molecule has 0 aliphatic carbocycles. The van der Waals surface area contributed by atoms with Crippen LogP contribution < -0.4 is 9.04 Å². The van der Waals surface area contributed by atoms with Gasteiger partial charge in [-0.05, 0) is 44.0 Å². The number of aryl methyl sites for hydroxylation is 1. The zero-order valence-corrected chi connectivity index (χ0v) is 17.6. The van der Waals surface area contributed by atoms with Crippen LogP contribution in [0.15, 0.2) is 36.4 Å². The number of rotatable bonds is 5. The van der Waals surface area contributed by atoms with Crippen LogP contribution in [-0.2, 0) is 23.0 Å². The zero-order valence-electron chi connectivity index (χ0n) is 16.8. The van der Waals surface area contributed by atoms with Crippen molar-refractivity contribution < 1.29 is 13.2 Å². The number of sulfonamides is 1. The predicted octanol–water partition coefficient (Wildman–Crippen LogP) is 3.92. The molecule has 0 bridgehead atoms. The maximum Gasteiger partial charge on any atom is 0.234 e. The highest BCUT2D eigenvalue weighted by Gasteiger charge is 2.29. The molecule has 0 amide bonds. The van der Waals surface area contributed by atoms with Crippen LogP contribution in [-0.4, -0.2) is 32.4 Å². The number of ether oxygens (including phenoxy) is 1. The number of anilines is 1. The summed E-state index contributed by atoms with van der Waals surface area (Å²) in [5.41, 5.74) is 4.91. The molecule has 0 atom stereocenters. The van der Waals surface area contributed by atoms with E-state index < -0.39 is 10.0 Å². The number of hydrogen-bond donors (Lipinski definition) is 0. The molecule has 0 spiro atoms. The molecule has 0 fully saturated rings. The first-order chi connectivity index (χ1) is 13.9. The summed E-state index contributed by atoms with van der Waals surface area (Å²) in [5.74, 6) is 0.796. The van der Waals surface area contributed by atoms with Crippen molar-refractivity contribution in [1.82, 2.24) is 4.57 Å². The Morgan fingerprint density at radius 3 is 2.62 bits per heavy atom. The topological polar surface area (TPSA) is 75.3 Å². The molecule has 2 aromatic carbocycles. The minimum atomic E-state index is -3.33. The van der Waals surface area contributed by atoms with Crippen molar-refractivity contribution in [2.24, 2.45) is 0 Å². The van der Waals surface area contributed by atoms with Gasteiger partial charge in [-0.2, -0.15) is 5.26 Å². The molecular formula is C22H23N3O3S. The van der Waals surface area contributed by atoms with Gasteiger partial charge < -0.3 is 9.30 Å². The van der Waals surface area contributed by atoms with E-state index in [0.29, 0.717) is 25.1 Å². The first kappa shape index (κ1) is 19.3. The molecule has 150 valence electrons. The van der Waals surface area contributed by atoms with E-state index in [9.17, 15) is 13.7 Å². The van der Waals surface area contributed by atoms with Gasteiger partial charge in [0.25, 0.3) is 0 Å². The summed E-state index contributed by atoms with van der Waals surface area (Å²) in [6.45, 7) is 4.83. The minimum Gasteiger partial charge on any atom is -0.497 e. The molecule has 0 N–H and O–H groups in total. The van der Waals surface area contributed by atoms with E-state index in [0.717, 1.165) is 39.2 Å². The second-order valence-electron chi connectivity index (χ2n) is 7.03. The number of fused-ring (bicyclic) bond motifs is 2. The molecule has 4 rings (SSSR count). The Hall–Kier alpha value is -2.98. The number of nitrogens with zero attached hydrogens (tertiary/aromatic N) is 3. The Labute approximate surface area is 171 Å². The van der Waals surface area contributed by atoms with E-state index in [1.807, 2.05) is 43.3 Å². The van der Waals surface area contributed by atoms with Gasteiger partial charge in [0.1, 0.15) is 11.8 Å². The van der Waals surface area contributed by atoms with Gasteiger partial charge in [0.2, 0.25) is 10.0 Å². The molecular weight excluding hydrogens is 386 g/mol. The quantitative estimate of drug-likeness (QED) is 0.640. The number of aromatic nitrogens is 1. The number of hydrogen-bond acceptors (Lipinski definition) is 4. The minimum absolute atomic E-state index is 0.0646. The highest BCUT2D eigenvalue weighted by molar-refractivity contribution is 7.92. The molecule has 0 unspecified atom stereocenters. The van der Waals surface area contributed by atoms with Gasteiger partial charge in [-0.25, -0.2) is 8.42 Å². The normalized spacial score (nSPS) is 13.5. The van der Waals surface area contributed by atoms with Crippen molar-refractivity contribution in [2.75, 3.05) is 23.7 Å². The van der Waals surface area contributed by atoms with E-state index in [4.69, 9.17) is 4.74 Å². The maximum atomic E-state index is 12.5. The Bertz CT molecular complexity index is 1250. The molecule has 1 aliphatic heterocycles. The molecule has 3 aromatic rings. The molecule has 0 saturated heterocycles. The van der Waals surface area contributed by atoms with Crippen molar-refractivity contribution in [3.05, 3.63) is 47.5 Å². The van der Waals surface area contributed by atoms with E-state index in [2.05, 4.69) is 10.6 Å². The zero-order chi connectivity index (χ0) is 20.8. The van der Waals surface area contributed by atoms with Gasteiger partial charge in [-0.1, -0.05) is 12.1 Å². The van der Waals surface area contributed by atoms with Gasteiger partial charge in [0, 0.05) is 30.1 Å². The monoisotopic (exact) mass is 409 g/mol. The number of benzene rings is 2. The van der Waals surface area contributed by atoms with E-state index in [1.165, 1.54) is 4.31 Å². The first-order valence-electron chi connectivity index (χ1n) is 9.69. The van der Waals surface area contributed by atoms with Crippen molar-refractivity contribution >= 4 is 26.6 Å². The van der Waals surface area contributed by atoms with Gasteiger partial charge >= 0.3 is 0 Å². The lowest BCUT2D eigenvalue weighted by Crippen LogP contribution is -2.30. The van der Waals surface area contributed by atoms with E-state index in [-0.39, 0.29) is 5.75 Å². The number of methoxy groups -OCH3 is 1. The van der Waals surface area contributed by atoms with Crippen LogP contribution in [0.1, 0.15) is 25.0 Å². The van der Waals surface area contributed by atoms with Crippen molar-refractivity contribution in [3.8, 4) is 23.1 Å². The Morgan fingerprint density at radius 2 is 1.97 bits per heavy atom. The van der Waals surface area contributed by atoms with Crippen LogP contribution >= 0.6 is 0 Å². The summed E-state index contributed by atoms with van der Waals surface area (Å²) in [7, 11) is -1.71. The SMILES string of the molecule is CCn1c(-c2ccc3c(c2)N(S(=O)(=O)CC)CC3)c(C#N)c2ccc(OC)cc21. The third kappa shape index (κ3) is 2.95. The summed E-state index contributed by atoms with van der Waals surface area (Å²) in [4.78, 5) is 0. The van der Waals surface area contributed by atoms with Crippen LogP contribution in [0, 0.1) is 11.3 Å². The average molecular weight is 410 g/mol. The lowest BCUT2D eigenvalue weighted by atomic mass is 10.0. The summed E-state index contributed by atoms with van der Waals surface area (Å²) in [6, 6.07) is 13.9. The smallest absolute Gasteiger partial charge is 0.234 e. The molecule has 2 heterocycles. The summed E-state index contributed by atoms with van der Waals surface area (Å²) in [5, 5.41) is 10.8. The third-order valence-electron chi connectivity index (χ3n) is 5.61. The lowest BCUT2D eigenvalue weighted by Gasteiger charge is -2.19. The number of nitriles is 1. The van der Waals surface area contributed by atoms with E-state index >= 15 is 0 Å². The van der Waals surface area contributed by atoms with Gasteiger partial charge in [-0.15, -0.1) is 0 Å². The summed E-state index contributed by atoms with van der Waals surface area (Å²) in [6.07, 6.45) is 0.702. The molecule has 7 heteroatoms. The van der Waals surface area contributed by atoms with E-state index in [1.54, 1.807) is 14.0 Å². The van der Waals surface area contributed by atoms with Crippen LogP contribution in [0.3, 0.4) is 0 Å². The highest BCUT2D eigenvalue weighted by atomic mass is 32.2.